The highest BCUT2D eigenvalue weighted by Crippen LogP contribution is 2.11. The average molecular weight is 130 g/mol. The molecule has 0 bridgehead atoms. The van der Waals surface area contributed by atoms with Gasteiger partial charge in [-0.2, -0.15) is 11.8 Å². The van der Waals surface area contributed by atoms with Crippen molar-refractivity contribution in [1.29, 1.82) is 0 Å². The molecule has 0 aliphatic carbocycles. The maximum atomic E-state index is 2.37. The first-order valence-electron chi connectivity index (χ1n) is 3.08. The van der Waals surface area contributed by atoms with Crippen LogP contribution in [0.4, 0.5) is 0 Å². The lowest BCUT2D eigenvalue weighted by Gasteiger charge is -2.23. The van der Waals surface area contributed by atoms with Gasteiger partial charge in [-0.3, -0.25) is 4.90 Å². The van der Waals surface area contributed by atoms with Crippen LogP contribution in [0.25, 0.3) is 0 Å². The van der Waals surface area contributed by atoms with E-state index in [1.807, 2.05) is 11.8 Å². The fourth-order valence-electron chi connectivity index (χ4n) is 0.802. The van der Waals surface area contributed by atoms with Crippen LogP contribution < -0.4 is 0 Å². The van der Waals surface area contributed by atoms with Gasteiger partial charge in [0.1, 0.15) is 0 Å². The lowest BCUT2D eigenvalue weighted by atomic mass is 10.5. The molecule has 2 heteroatoms. The predicted octanol–water partition coefficient (Wildman–Crippen LogP) is 1.22. The molecule has 1 heterocycles. The van der Waals surface area contributed by atoms with Gasteiger partial charge in [-0.15, -0.1) is 0 Å². The second-order valence-electron chi connectivity index (χ2n) is 1.89. The van der Waals surface area contributed by atoms with Crippen LogP contribution >= 0.6 is 11.8 Å². The molecule has 0 atom stereocenters. The fourth-order valence-corrected chi connectivity index (χ4v) is 1.65. The minimum Gasteiger partial charge on any atom is -0.297 e. The summed E-state index contributed by atoms with van der Waals surface area (Å²) in [6.07, 6.45) is 0. The Bertz CT molecular complexity index is 59.5. The van der Waals surface area contributed by atoms with Gasteiger partial charge in [0.2, 0.25) is 0 Å². The molecule has 1 nitrogen and oxygen atoms in total. The Morgan fingerprint density at radius 2 is 2.62 bits per heavy atom. The van der Waals surface area contributed by atoms with Crippen LogP contribution in [0.3, 0.4) is 0 Å². The zero-order chi connectivity index (χ0) is 5.82. The third-order valence-electron chi connectivity index (χ3n) is 1.38. The van der Waals surface area contributed by atoms with Gasteiger partial charge < -0.3 is 0 Å². The molecule has 1 aliphatic heterocycles. The second kappa shape index (κ2) is 3.36. The summed E-state index contributed by atoms with van der Waals surface area (Å²) in [5, 5.41) is 0. The first-order chi connectivity index (χ1) is 3.93. The van der Waals surface area contributed by atoms with Crippen LogP contribution in [0.5, 0.6) is 0 Å². The van der Waals surface area contributed by atoms with E-state index in [0.717, 1.165) is 0 Å². The normalized spacial score (nSPS) is 23.6. The molecule has 0 N–H and O–H groups in total. The van der Waals surface area contributed by atoms with Crippen molar-refractivity contribution in [3.05, 3.63) is 6.54 Å². The summed E-state index contributed by atoms with van der Waals surface area (Å²) in [6.45, 7) is 6.92. The van der Waals surface area contributed by atoms with Crippen molar-refractivity contribution in [2.45, 2.75) is 6.92 Å². The van der Waals surface area contributed by atoms with Gasteiger partial charge in [-0.05, 0) is 6.54 Å². The molecule has 8 heavy (non-hydrogen) atoms. The van der Waals surface area contributed by atoms with Crippen LogP contribution in [0.2, 0.25) is 0 Å². The Morgan fingerprint density at radius 1 is 1.75 bits per heavy atom. The van der Waals surface area contributed by atoms with Crippen molar-refractivity contribution in [3.63, 3.8) is 0 Å². The van der Waals surface area contributed by atoms with E-state index in [4.69, 9.17) is 0 Å². The molecule has 1 fully saturated rings. The minimum atomic E-state index is 1.18. The molecule has 1 rings (SSSR count). The van der Waals surface area contributed by atoms with Gasteiger partial charge in [0, 0.05) is 24.6 Å². The molecule has 0 aromatic heterocycles. The van der Waals surface area contributed by atoms with Crippen molar-refractivity contribution < 1.29 is 0 Å². The maximum Gasteiger partial charge on any atom is 0.0350 e. The van der Waals surface area contributed by atoms with E-state index in [-0.39, 0.29) is 0 Å². The molecule has 1 radical (unpaired) electrons. The molecule has 0 saturated carbocycles. The minimum absolute atomic E-state index is 1.18. The lowest BCUT2D eigenvalue weighted by molar-refractivity contribution is 0.374. The number of thioether (sulfide) groups is 1. The molecule has 0 unspecified atom stereocenters. The molecule has 1 aliphatic rings. The van der Waals surface area contributed by atoms with E-state index in [1.165, 1.54) is 24.6 Å². The molecule has 0 spiro atoms. The summed E-state index contributed by atoms with van der Waals surface area (Å²) in [4.78, 5) is 2.37. The Hall–Kier alpha value is 0.310. The number of nitrogens with zero attached hydrogens (tertiary/aromatic N) is 1. The third-order valence-corrected chi connectivity index (χ3v) is 2.24. The van der Waals surface area contributed by atoms with Crippen LogP contribution in [-0.4, -0.2) is 29.5 Å². The molecule has 0 aromatic carbocycles. The van der Waals surface area contributed by atoms with Crippen LogP contribution in [0, 0.1) is 6.54 Å². The summed E-state index contributed by atoms with van der Waals surface area (Å²) < 4.78 is 0. The van der Waals surface area contributed by atoms with E-state index in [9.17, 15) is 0 Å². The zero-order valence-corrected chi connectivity index (χ0v) is 6.08. The fraction of sp³-hybridized carbons (Fsp3) is 0.833. The highest BCUT2D eigenvalue weighted by atomic mass is 32.2. The van der Waals surface area contributed by atoms with Gasteiger partial charge in [0.15, 0.2) is 0 Å². The Kier molecular flexibility index (Phi) is 2.70. The number of rotatable bonds is 1. The van der Waals surface area contributed by atoms with E-state index < -0.39 is 0 Å². The van der Waals surface area contributed by atoms with Crippen molar-refractivity contribution in [2.75, 3.05) is 24.6 Å². The van der Waals surface area contributed by atoms with Crippen molar-refractivity contribution in [1.82, 2.24) is 4.90 Å². The summed E-state index contributed by atoms with van der Waals surface area (Å²) in [5.41, 5.74) is 0. The maximum absolute atomic E-state index is 2.37. The highest BCUT2D eigenvalue weighted by Gasteiger charge is 2.06. The van der Waals surface area contributed by atoms with Crippen LogP contribution in [0.15, 0.2) is 0 Å². The van der Waals surface area contributed by atoms with E-state index in [0.29, 0.717) is 0 Å². The summed E-state index contributed by atoms with van der Waals surface area (Å²) in [5.74, 6) is 2.53. The van der Waals surface area contributed by atoms with Crippen molar-refractivity contribution >= 4 is 11.8 Å². The smallest absolute Gasteiger partial charge is 0.0350 e. The Labute approximate surface area is 55.4 Å². The van der Waals surface area contributed by atoms with Crippen LogP contribution in [0.1, 0.15) is 6.92 Å². The number of hydrogen-bond donors (Lipinski definition) is 0. The van der Waals surface area contributed by atoms with E-state index >= 15 is 0 Å². The monoisotopic (exact) mass is 130 g/mol. The highest BCUT2D eigenvalue weighted by molar-refractivity contribution is 7.99. The molecule has 0 amide bonds. The van der Waals surface area contributed by atoms with Gasteiger partial charge in [0.05, 0.1) is 0 Å². The van der Waals surface area contributed by atoms with Gasteiger partial charge in [-0.25, -0.2) is 0 Å². The largest absolute Gasteiger partial charge is 0.297 e. The molecule has 47 valence electrons. The second-order valence-corrected chi connectivity index (χ2v) is 3.04. The quantitative estimate of drug-likeness (QED) is 0.525. The Balaban J connectivity index is 2.13. The molecular weight excluding hydrogens is 118 g/mol. The predicted molar refractivity (Wildman–Crippen MR) is 38.9 cm³/mol. The standard InChI is InChI=1S/C6H12NS/c1-2-7-3-5-8-6-4-7/h3H,2,4-6H2,1H3. The first kappa shape index (κ1) is 6.43. The SMILES string of the molecule is CCN1[CH]CSCC1. The lowest BCUT2D eigenvalue weighted by Crippen LogP contribution is -2.27. The van der Waals surface area contributed by atoms with E-state index in [1.54, 1.807) is 0 Å². The first-order valence-corrected chi connectivity index (χ1v) is 4.24. The Morgan fingerprint density at radius 3 is 3.00 bits per heavy atom. The summed E-state index contributed by atoms with van der Waals surface area (Å²) >= 11 is 2.02. The van der Waals surface area contributed by atoms with Gasteiger partial charge in [0.25, 0.3) is 0 Å². The molecule has 0 aromatic rings. The molecular formula is C6H12NS. The average Bonchev–Trinajstić information content (AvgIpc) is 1.90. The third kappa shape index (κ3) is 1.67. The summed E-state index contributed by atoms with van der Waals surface area (Å²) in [7, 11) is 0. The topological polar surface area (TPSA) is 3.24 Å². The van der Waals surface area contributed by atoms with Crippen LogP contribution in [-0.2, 0) is 0 Å². The van der Waals surface area contributed by atoms with Crippen molar-refractivity contribution in [3.8, 4) is 0 Å². The van der Waals surface area contributed by atoms with Gasteiger partial charge in [-0.1, -0.05) is 6.92 Å². The van der Waals surface area contributed by atoms with E-state index in [2.05, 4.69) is 18.4 Å². The zero-order valence-electron chi connectivity index (χ0n) is 5.26. The van der Waals surface area contributed by atoms with Crippen molar-refractivity contribution in [2.24, 2.45) is 0 Å². The summed E-state index contributed by atoms with van der Waals surface area (Å²) in [6, 6.07) is 0. The van der Waals surface area contributed by atoms with Gasteiger partial charge >= 0.3 is 0 Å². The molecule has 1 saturated heterocycles. The number of hydrogen-bond acceptors (Lipinski definition) is 2.